The number of non-ortho nitro benzene ring substituents is 1. The Balaban J connectivity index is 2.28. The van der Waals surface area contributed by atoms with Gasteiger partial charge in [0.2, 0.25) is 0 Å². The van der Waals surface area contributed by atoms with E-state index in [2.05, 4.69) is 0 Å². The van der Waals surface area contributed by atoms with Crippen LogP contribution in [0.3, 0.4) is 0 Å². The zero-order valence-corrected chi connectivity index (χ0v) is 10.3. The summed E-state index contributed by atoms with van der Waals surface area (Å²) in [6, 6.07) is 10.1. The predicted molar refractivity (Wildman–Crippen MR) is 68.2 cm³/mol. The molecule has 0 aliphatic heterocycles. The first kappa shape index (κ1) is 12.3. The van der Waals surface area contributed by atoms with Gasteiger partial charge in [0, 0.05) is 17.7 Å². The highest BCUT2D eigenvalue weighted by Crippen LogP contribution is 2.25. The maximum Gasteiger partial charge on any atom is 0.270 e. The molecule has 1 aromatic carbocycles. The minimum Gasteiger partial charge on any atom is -0.460 e. The van der Waals surface area contributed by atoms with Crippen LogP contribution in [0.15, 0.2) is 40.8 Å². The van der Waals surface area contributed by atoms with E-state index in [9.17, 15) is 10.1 Å². The normalized spacial score (nSPS) is 10.8. The lowest BCUT2D eigenvalue weighted by molar-refractivity contribution is -0.384. The maximum atomic E-state index is 10.7. The van der Waals surface area contributed by atoms with Crippen LogP contribution in [0.1, 0.15) is 5.76 Å². The van der Waals surface area contributed by atoms with Gasteiger partial charge in [-0.3, -0.25) is 10.1 Å². The molecular weight excluding hydrogens is 232 g/mol. The van der Waals surface area contributed by atoms with Crippen molar-refractivity contribution in [2.45, 2.75) is 6.54 Å². The van der Waals surface area contributed by atoms with Crippen molar-refractivity contribution in [3.05, 3.63) is 52.3 Å². The first-order valence-electron chi connectivity index (χ1n) is 5.54. The lowest BCUT2D eigenvalue weighted by Crippen LogP contribution is -2.09. The van der Waals surface area contributed by atoms with Gasteiger partial charge in [0.05, 0.1) is 11.5 Å². The van der Waals surface area contributed by atoms with Gasteiger partial charge in [0.1, 0.15) is 11.5 Å². The van der Waals surface area contributed by atoms with E-state index in [-0.39, 0.29) is 5.69 Å². The molecule has 0 amide bonds. The molecule has 0 N–H and O–H groups in total. The van der Waals surface area contributed by atoms with E-state index in [1.54, 1.807) is 12.1 Å². The Hall–Kier alpha value is -2.14. The van der Waals surface area contributed by atoms with Crippen molar-refractivity contribution in [1.82, 2.24) is 4.90 Å². The van der Waals surface area contributed by atoms with Crippen molar-refractivity contribution >= 4 is 5.69 Å². The van der Waals surface area contributed by atoms with Crippen LogP contribution in [0.4, 0.5) is 5.69 Å². The second-order valence-electron chi connectivity index (χ2n) is 4.31. The predicted octanol–water partition coefficient (Wildman–Crippen LogP) is 2.92. The van der Waals surface area contributed by atoms with Gasteiger partial charge in [-0.25, -0.2) is 0 Å². The number of hydrogen-bond acceptors (Lipinski definition) is 4. The molecule has 0 radical (unpaired) electrons. The molecule has 94 valence electrons. The summed E-state index contributed by atoms with van der Waals surface area (Å²) >= 11 is 0. The van der Waals surface area contributed by atoms with Crippen LogP contribution >= 0.6 is 0 Å². The number of nitro groups is 1. The van der Waals surface area contributed by atoms with Crippen molar-refractivity contribution in [3.8, 4) is 11.3 Å². The topological polar surface area (TPSA) is 59.5 Å². The molecule has 0 bridgehead atoms. The second kappa shape index (κ2) is 5.01. The Bertz CT molecular complexity index is 561. The third-order valence-corrected chi connectivity index (χ3v) is 2.48. The smallest absolute Gasteiger partial charge is 0.270 e. The molecule has 18 heavy (non-hydrogen) atoms. The number of furan rings is 1. The molecule has 0 saturated heterocycles. The largest absolute Gasteiger partial charge is 0.460 e. The van der Waals surface area contributed by atoms with Gasteiger partial charge < -0.3 is 9.32 Å². The highest BCUT2D eigenvalue weighted by molar-refractivity contribution is 5.61. The molecule has 5 nitrogen and oxygen atoms in total. The number of benzene rings is 1. The molecule has 1 aromatic heterocycles. The van der Waals surface area contributed by atoms with Gasteiger partial charge in [-0.1, -0.05) is 12.1 Å². The van der Waals surface area contributed by atoms with E-state index in [0.717, 1.165) is 5.76 Å². The second-order valence-corrected chi connectivity index (χ2v) is 4.31. The first-order chi connectivity index (χ1) is 8.56. The summed E-state index contributed by atoms with van der Waals surface area (Å²) in [5, 5.41) is 10.7. The van der Waals surface area contributed by atoms with Crippen LogP contribution in [0.5, 0.6) is 0 Å². The number of hydrogen-bond donors (Lipinski definition) is 0. The molecule has 0 aliphatic rings. The summed E-state index contributed by atoms with van der Waals surface area (Å²) in [6.45, 7) is 0.703. The lowest BCUT2D eigenvalue weighted by Gasteiger charge is -2.05. The Kier molecular flexibility index (Phi) is 3.43. The van der Waals surface area contributed by atoms with Crippen LogP contribution in [0, 0.1) is 10.1 Å². The van der Waals surface area contributed by atoms with Gasteiger partial charge in [-0.05, 0) is 26.2 Å². The molecule has 1 heterocycles. The van der Waals surface area contributed by atoms with E-state index in [1.165, 1.54) is 12.1 Å². The van der Waals surface area contributed by atoms with Gasteiger partial charge >= 0.3 is 0 Å². The summed E-state index contributed by atoms with van der Waals surface area (Å²) in [4.78, 5) is 12.3. The van der Waals surface area contributed by atoms with Crippen LogP contribution in [0.2, 0.25) is 0 Å². The van der Waals surface area contributed by atoms with E-state index in [1.807, 2.05) is 31.1 Å². The third-order valence-electron chi connectivity index (χ3n) is 2.48. The maximum absolute atomic E-state index is 10.7. The van der Waals surface area contributed by atoms with E-state index in [0.29, 0.717) is 17.9 Å². The summed E-state index contributed by atoms with van der Waals surface area (Å²) in [7, 11) is 3.91. The average molecular weight is 246 g/mol. The van der Waals surface area contributed by atoms with Crippen LogP contribution in [-0.2, 0) is 6.54 Å². The standard InChI is InChI=1S/C13H14N2O3/c1-14(2)9-12-6-7-13(18-12)10-4-3-5-11(8-10)15(16)17/h3-8H,9H2,1-2H3. The molecule has 0 spiro atoms. The van der Waals surface area contributed by atoms with Crippen LogP contribution < -0.4 is 0 Å². The van der Waals surface area contributed by atoms with Gasteiger partial charge in [-0.2, -0.15) is 0 Å². The van der Waals surface area contributed by atoms with Crippen LogP contribution in [0.25, 0.3) is 11.3 Å². The zero-order chi connectivity index (χ0) is 13.1. The molecule has 0 unspecified atom stereocenters. The van der Waals surface area contributed by atoms with E-state index >= 15 is 0 Å². The molecule has 0 atom stereocenters. The fraction of sp³-hybridized carbons (Fsp3) is 0.231. The zero-order valence-electron chi connectivity index (χ0n) is 10.3. The van der Waals surface area contributed by atoms with Crippen molar-refractivity contribution < 1.29 is 9.34 Å². The highest BCUT2D eigenvalue weighted by Gasteiger charge is 2.10. The Morgan fingerprint density at radius 1 is 1.28 bits per heavy atom. The fourth-order valence-corrected chi connectivity index (χ4v) is 1.70. The molecular formula is C13H14N2O3. The summed E-state index contributed by atoms with van der Waals surface area (Å²) in [5.41, 5.74) is 0.785. The first-order valence-corrected chi connectivity index (χ1v) is 5.54. The van der Waals surface area contributed by atoms with Crippen molar-refractivity contribution in [2.75, 3.05) is 14.1 Å². The van der Waals surface area contributed by atoms with Crippen molar-refractivity contribution in [1.29, 1.82) is 0 Å². The molecule has 0 fully saturated rings. The van der Waals surface area contributed by atoms with Crippen LogP contribution in [-0.4, -0.2) is 23.9 Å². The highest BCUT2D eigenvalue weighted by atomic mass is 16.6. The molecule has 2 aromatic rings. The molecule has 0 aliphatic carbocycles. The Morgan fingerprint density at radius 3 is 2.72 bits per heavy atom. The van der Waals surface area contributed by atoms with Gasteiger partial charge in [0.15, 0.2) is 0 Å². The van der Waals surface area contributed by atoms with E-state index in [4.69, 9.17) is 4.42 Å². The SMILES string of the molecule is CN(C)Cc1ccc(-c2cccc([N+](=O)[O-])c2)o1. The third kappa shape index (κ3) is 2.75. The summed E-state index contributed by atoms with van der Waals surface area (Å²) < 4.78 is 5.65. The Labute approximate surface area is 105 Å². The fourth-order valence-electron chi connectivity index (χ4n) is 1.70. The molecule has 5 heteroatoms. The molecule has 0 saturated carbocycles. The van der Waals surface area contributed by atoms with Gasteiger partial charge in [-0.15, -0.1) is 0 Å². The van der Waals surface area contributed by atoms with E-state index < -0.39 is 4.92 Å². The summed E-state index contributed by atoms with van der Waals surface area (Å²) in [6.07, 6.45) is 0. The number of nitrogens with zero attached hydrogens (tertiary/aromatic N) is 2. The quantitative estimate of drug-likeness (QED) is 0.614. The number of nitro benzene ring substituents is 1. The number of rotatable bonds is 4. The van der Waals surface area contributed by atoms with Crippen molar-refractivity contribution in [2.24, 2.45) is 0 Å². The monoisotopic (exact) mass is 246 g/mol. The molecule has 2 rings (SSSR count). The summed E-state index contributed by atoms with van der Waals surface area (Å²) in [5.74, 6) is 1.48. The Morgan fingerprint density at radius 2 is 2.06 bits per heavy atom. The average Bonchev–Trinajstić information content (AvgIpc) is 2.77. The minimum atomic E-state index is -0.410. The minimum absolute atomic E-state index is 0.0676. The lowest BCUT2D eigenvalue weighted by atomic mass is 10.1. The van der Waals surface area contributed by atoms with Crippen molar-refractivity contribution in [3.63, 3.8) is 0 Å². The van der Waals surface area contributed by atoms with Gasteiger partial charge in [0.25, 0.3) is 5.69 Å².